The van der Waals surface area contributed by atoms with E-state index in [4.69, 9.17) is 15.2 Å². The first-order valence-electron chi connectivity index (χ1n) is 4.71. The third-order valence-electron chi connectivity index (χ3n) is 2.33. The van der Waals surface area contributed by atoms with Crippen LogP contribution in [0.1, 0.15) is 15.9 Å². The SMILES string of the molecule is COc1cc(C(=O)CN)c(OC)c(Br)c1C. The summed E-state index contributed by atoms with van der Waals surface area (Å²) in [6.07, 6.45) is 0. The molecule has 5 heteroatoms. The first kappa shape index (κ1) is 13.0. The van der Waals surface area contributed by atoms with E-state index in [1.807, 2.05) is 6.92 Å². The van der Waals surface area contributed by atoms with Crippen LogP contribution in [-0.2, 0) is 0 Å². The van der Waals surface area contributed by atoms with Crippen molar-refractivity contribution in [3.63, 3.8) is 0 Å². The molecule has 0 saturated heterocycles. The van der Waals surface area contributed by atoms with Crippen LogP contribution in [0.2, 0.25) is 0 Å². The van der Waals surface area contributed by atoms with Crippen LogP contribution in [-0.4, -0.2) is 26.5 Å². The lowest BCUT2D eigenvalue weighted by atomic mass is 10.1. The van der Waals surface area contributed by atoms with Gasteiger partial charge in [-0.2, -0.15) is 0 Å². The Kier molecular flexibility index (Phi) is 4.32. The molecule has 16 heavy (non-hydrogen) atoms. The van der Waals surface area contributed by atoms with Crippen molar-refractivity contribution < 1.29 is 14.3 Å². The zero-order valence-electron chi connectivity index (χ0n) is 9.46. The van der Waals surface area contributed by atoms with E-state index in [-0.39, 0.29) is 12.3 Å². The summed E-state index contributed by atoms with van der Waals surface area (Å²) < 4.78 is 11.1. The van der Waals surface area contributed by atoms with E-state index in [2.05, 4.69) is 15.9 Å². The molecule has 1 rings (SSSR count). The molecule has 0 fully saturated rings. The number of ketones is 1. The maximum atomic E-state index is 11.6. The molecule has 0 aromatic heterocycles. The summed E-state index contributed by atoms with van der Waals surface area (Å²) in [4.78, 5) is 11.6. The Bertz CT molecular complexity index is 418. The Hall–Kier alpha value is -1.07. The summed E-state index contributed by atoms with van der Waals surface area (Å²) in [6.45, 7) is 1.82. The molecular weight excluding hydrogens is 274 g/mol. The van der Waals surface area contributed by atoms with Gasteiger partial charge in [0.05, 0.1) is 30.8 Å². The number of ether oxygens (including phenoxy) is 2. The highest BCUT2D eigenvalue weighted by molar-refractivity contribution is 9.10. The fourth-order valence-corrected chi connectivity index (χ4v) is 2.00. The average Bonchev–Trinajstić information content (AvgIpc) is 2.31. The van der Waals surface area contributed by atoms with Crippen LogP contribution in [0.3, 0.4) is 0 Å². The van der Waals surface area contributed by atoms with Crippen LogP contribution in [0.25, 0.3) is 0 Å². The fraction of sp³-hybridized carbons (Fsp3) is 0.364. The molecule has 2 N–H and O–H groups in total. The van der Waals surface area contributed by atoms with Gasteiger partial charge in [-0.15, -0.1) is 0 Å². The predicted molar refractivity (Wildman–Crippen MR) is 65.4 cm³/mol. The second-order valence-electron chi connectivity index (χ2n) is 3.23. The molecule has 0 spiro atoms. The highest BCUT2D eigenvalue weighted by Crippen LogP contribution is 2.37. The zero-order chi connectivity index (χ0) is 12.3. The van der Waals surface area contributed by atoms with Gasteiger partial charge in [0.25, 0.3) is 0 Å². The van der Waals surface area contributed by atoms with Crippen LogP contribution < -0.4 is 15.2 Å². The van der Waals surface area contributed by atoms with Gasteiger partial charge in [0.2, 0.25) is 0 Å². The maximum absolute atomic E-state index is 11.6. The third kappa shape index (κ3) is 2.20. The minimum Gasteiger partial charge on any atom is -0.496 e. The molecule has 1 aromatic carbocycles. The average molecular weight is 288 g/mol. The molecule has 0 bridgehead atoms. The van der Waals surface area contributed by atoms with Crippen LogP contribution >= 0.6 is 15.9 Å². The fourth-order valence-electron chi connectivity index (χ4n) is 1.43. The standard InChI is InChI=1S/C11H14BrNO3/c1-6-9(15-2)4-7(8(14)5-13)11(16-3)10(6)12/h4H,5,13H2,1-3H3. The van der Waals surface area contributed by atoms with Gasteiger partial charge in [-0.25, -0.2) is 0 Å². The number of nitrogens with two attached hydrogens (primary N) is 1. The van der Waals surface area contributed by atoms with E-state index in [0.29, 0.717) is 21.5 Å². The molecule has 0 aliphatic carbocycles. The number of hydrogen-bond donors (Lipinski definition) is 1. The molecular formula is C11H14BrNO3. The number of rotatable bonds is 4. The quantitative estimate of drug-likeness (QED) is 0.860. The zero-order valence-corrected chi connectivity index (χ0v) is 11.1. The summed E-state index contributed by atoms with van der Waals surface area (Å²) in [5, 5.41) is 0. The normalized spacial score (nSPS) is 10.1. The Morgan fingerprint density at radius 1 is 1.44 bits per heavy atom. The van der Waals surface area contributed by atoms with Crippen LogP contribution in [0, 0.1) is 6.92 Å². The van der Waals surface area contributed by atoms with E-state index in [1.54, 1.807) is 13.2 Å². The lowest BCUT2D eigenvalue weighted by Gasteiger charge is -2.14. The van der Waals surface area contributed by atoms with Gasteiger partial charge in [-0.05, 0) is 28.9 Å². The van der Waals surface area contributed by atoms with Crippen LogP contribution in [0.5, 0.6) is 11.5 Å². The molecule has 0 radical (unpaired) electrons. The molecule has 0 heterocycles. The largest absolute Gasteiger partial charge is 0.496 e. The molecule has 0 saturated carbocycles. The van der Waals surface area contributed by atoms with Crippen molar-refractivity contribution in [2.24, 2.45) is 5.73 Å². The first-order valence-corrected chi connectivity index (χ1v) is 5.50. The second kappa shape index (κ2) is 5.32. The minimum atomic E-state index is -0.184. The van der Waals surface area contributed by atoms with Gasteiger partial charge in [-0.1, -0.05) is 0 Å². The van der Waals surface area contributed by atoms with Gasteiger partial charge in [-0.3, -0.25) is 4.79 Å². The van der Waals surface area contributed by atoms with Gasteiger partial charge in [0.1, 0.15) is 11.5 Å². The van der Waals surface area contributed by atoms with Crippen molar-refractivity contribution in [2.75, 3.05) is 20.8 Å². The number of halogens is 1. The first-order chi connectivity index (χ1) is 7.56. The highest BCUT2D eigenvalue weighted by atomic mass is 79.9. The van der Waals surface area contributed by atoms with Crippen molar-refractivity contribution in [2.45, 2.75) is 6.92 Å². The van der Waals surface area contributed by atoms with Crippen molar-refractivity contribution in [1.82, 2.24) is 0 Å². The van der Waals surface area contributed by atoms with E-state index >= 15 is 0 Å². The van der Waals surface area contributed by atoms with Crippen LogP contribution in [0.15, 0.2) is 10.5 Å². The predicted octanol–water partition coefficient (Wildman–Crippen LogP) is 1.92. The van der Waals surface area contributed by atoms with E-state index in [9.17, 15) is 4.79 Å². The highest BCUT2D eigenvalue weighted by Gasteiger charge is 2.19. The lowest BCUT2D eigenvalue weighted by molar-refractivity contribution is 0.0998. The lowest BCUT2D eigenvalue weighted by Crippen LogP contribution is -2.15. The smallest absolute Gasteiger partial charge is 0.180 e. The summed E-state index contributed by atoms with van der Waals surface area (Å²) in [7, 11) is 3.07. The van der Waals surface area contributed by atoms with E-state index in [0.717, 1.165) is 5.56 Å². The maximum Gasteiger partial charge on any atom is 0.180 e. The van der Waals surface area contributed by atoms with Gasteiger partial charge >= 0.3 is 0 Å². The Balaban J connectivity index is 3.47. The Morgan fingerprint density at radius 2 is 2.06 bits per heavy atom. The molecule has 1 aromatic rings. The van der Waals surface area contributed by atoms with Crippen LogP contribution in [0.4, 0.5) is 0 Å². The van der Waals surface area contributed by atoms with Gasteiger partial charge < -0.3 is 15.2 Å². The molecule has 0 unspecified atom stereocenters. The number of Topliss-reactive ketones (excluding diaryl/α,β-unsaturated/α-hetero) is 1. The monoisotopic (exact) mass is 287 g/mol. The third-order valence-corrected chi connectivity index (χ3v) is 3.28. The van der Waals surface area contributed by atoms with Crippen molar-refractivity contribution in [3.05, 3.63) is 21.7 Å². The molecule has 0 aliphatic heterocycles. The molecule has 88 valence electrons. The summed E-state index contributed by atoms with van der Waals surface area (Å²) in [5.74, 6) is 0.939. The molecule has 4 nitrogen and oxygen atoms in total. The summed E-state index contributed by atoms with van der Waals surface area (Å²) in [5.41, 5.74) is 6.66. The summed E-state index contributed by atoms with van der Waals surface area (Å²) >= 11 is 3.38. The number of benzene rings is 1. The molecule has 0 aliphatic rings. The van der Waals surface area contributed by atoms with Gasteiger partial charge in [0.15, 0.2) is 5.78 Å². The van der Waals surface area contributed by atoms with Gasteiger partial charge in [0, 0.05) is 5.56 Å². The van der Waals surface area contributed by atoms with Crippen molar-refractivity contribution in [3.8, 4) is 11.5 Å². The number of hydrogen-bond acceptors (Lipinski definition) is 4. The van der Waals surface area contributed by atoms with E-state index < -0.39 is 0 Å². The van der Waals surface area contributed by atoms with Crippen molar-refractivity contribution in [1.29, 1.82) is 0 Å². The number of methoxy groups -OCH3 is 2. The number of carbonyl (C=O) groups is 1. The topological polar surface area (TPSA) is 61.5 Å². The molecule has 0 amide bonds. The second-order valence-corrected chi connectivity index (χ2v) is 4.02. The Morgan fingerprint density at radius 3 is 2.50 bits per heavy atom. The minimum absolute atomic E-state index is 0.0605. The summed E-state index contributed by atoms with van der Waals surface area (Å²) in [6, 6.07) is 1.65. The van der Waals surface area contributed by atoms with Crippen molar-refractivity contribution >= 4 is 21.7 Å². The molecule has 0 atom stereocenters. The number of carbonyl (C=O) groups excluding carboxylic acids is 1. The Labute approximate surface area is 103 Å². The van der Waals surface area contributed by atoms with E-state index in [1.165, 1.54) is 7.11 Å².